The summed E-state index contributed by atoms with van der Waals surface area (Å²) in [5.41, 5.74) is 7.39. The maximum absolute atomic E-state index is 6.26. The second-order valence-electron chi connectivity index (χ2n) is 13.0. The molecule has 0 fully saturated rings. The van der Waals surface area contributed by atoms with Crippen LogP contribution < -0.4 is 0 Å². The quantitative estimate of drug-likeness (QED) is 0.185. The van der Waals surface area contributed by atoms with E-state index < -0.39 is 0 Å². The van der Waals surface area contributed by atoms with Crippen molar-refractivity contribution in [2.75, 3.05) is 0 Å². The summed E-state index contributed by atoms with van der Waals surface area (Å²) in [5, 5.41) is 7.93. The Hall–Kier alpha value is -6.76. The summed E-state index contributed by atoms with van der Waals surface area (Å²) >= 11 is 1.80. The van der Waals surface area contributed by atoms with Gasteiger partial charge in [-0.15, -0.1) is 11.3 Å². The summed E-state index contributed by atoms with van der Waals surface area (Å²) < 4.78 is 8.70. The van der Waals surface area contributed by atoms with E-state index in [1.807, 2.05) is 30.3 Å². The molecule has 52 heavy (non-hydrogen) atoms. The number of furan rings is 1. The average molecular weight is 683 g/mol. The molecule has 0 saturated carbocycles. The smallest absolute Gasteiger partial charge is 0.164 e. The van der Waals surface area contributed by atoms with Gasteiger partial charge in [0.1, 0.15) is 11.2 Å². The third-order valence-electron chi connectivity index (χ3n) is 9.94. The Morgan fingerprint density at radius 2 is 1.02 bits per heavy atom. The molecule has 0 spiro atoms. The van der Waals surface area contributed by atoms with E-state index in [2.05, 4.69) is 127 Å². The number of hydrogen-bond donors (Lipinski definition) is 0. The molecule has 0 aliphatic carbocycles. The van der Waals surface area contributed by atoms with Gasteiger partial charge in [0.05, 0.1) is 15.9 Å². The molecule has 11 aromatic rings. The van der Waals surface area contributed by atoms with Crippen molar-refractivity contribution < 1.29 is 4.42 Å². The SMILES string of the molecule is c1ccc2c(-c3nc(-c4ccc(-c5nc6ccccc6c6c5sc5ccccc56)cc4)nc(-c4cccc5oc6ccccc6c45)n3)cccc2c1. The molecule has 0 unspecified atom stereocenters. The molecule has 0 radical (unpaired) electrons. The molecule has 0 atom stereocenters. The van der Waals surface area contributed by atoms with Crippen molar-refractivity contribution in [1.29, 1.82) is 0 Å². The lowest BCUT2D eigenvalue weighted by molar-refractivity contribution is 0.669. The minimum atomic E-state index is 0.595. The molecule has 11 rings (SSSR count). The summed E-state index contributed by atoms with van der Waals surface area (Å²) in [6.45, 7) is 0. The Morgan fingerprint density at radius 3 is 1.90 bits per heavy atom. The molecule has 4 heterocycles. The van der Waals surface area contributed by atoms with Gasteiger partial charge in [-0.3, -0.25) is 0 Å². The monoisotopic (exact) mass is 682 g/mol. The molecule has 0 aliphatic heterocycles. The van der Waals surface area contributed by atoms with E-state index in [0.29, 0.717) is 17.5 Å². The van der Waals surface area contributed by atoms with Gasteiger partial charge in [-0.2, -0.15) is 0 Å². The van der Waals surface area contributed by atoms with Gasteiger partial charge < -0.3 is 4.42 Å². The highest BCUT2D eigenvalue weighted by molar-refractivity contribution is 7.26. The highest BCUT2D eigenvalue weighted by Gasteiger charge is 2.20. The minimum Gasteiger partial charge on any atom is -0.456 e. The molecule has 0 amide bonds. The van der Waals surface area contributed by atoms with Gasteiger partial charge in [-0.1, -0.05) is 133 Å². The van der Waals surface area contributed by atoms with Gasteiger partial charge >= 0.3 is 0 Å². The number of hydrogen-bond acceptors (Lipinski definition) is 6. The summed E-state index contributed by atoms with van der Waals surface area (Å²) in [7, 11) is 0. The maximum Gasteiger partial charge on any atom is 0.164 e. The molecule has 4 aromatic heterocycles. The van der Waals surface area contributed by atoms with Gasteiger partial charge in [-0.25, -0.2) is 19.9 Å². The summed E-state index contributed by atoms with van der Waals surface area (Å²) in [6, 6.07) is 54.3. The molecular weight excluding hydrogens is 657 g/mol. The van der Waals surface area contributed by atoms with Crippen LogP contribution in [0.4, 0.5) is 0 Å². The Balaban J connectivity index is 1.12. The zero-order valence-electron chi connectivity index (χ0n) is 27.6. The second kappa shape index (κ2) is 11.4. The van der Waals surface area contributed by atoms with Crippen LogP contribution in [0.15, 0.2) is 162 Å². The van der Waals surface area contributed by atoms with Crippen molar-refractivity contribution in [2.24, 2.45) is 0 Å². The number of nitrogens with zero attached hydrogens (tertiary/aromatic N) is 4. The third-order valence-corrected chi connectivity index (χ3v) is 11.1. The Labute approximate surface area is 301 Å². The number of pyridine rings is 1. The summed E-state index contributed by atoms with van der Waals surface area (Å²) in [5.74, 6) is 1.81. The van der Waals surface area contributed by atoms with E-state index in [-0.39, 0.29) is 0 Å². The van der Waals surface area contributed by atoms with Crippen molar-refractivity contribution in [2.45, 2.75) is 0 Å². The predicted molar refractivity (Wildman–Crippen MR) is 215 cm³/mol. The first-order valence-corrected chi connectivity index (χ1v) is 18.0. The van der Waals surface area contributed by atoms with Crippen LogP contribution in [0.2, 0.25) is 0 Å². The van der Waals surface area contributed by atoms with Crippen LogP contribution in [0.1, 0.15) is 0 Å². The predicted octanol–water partition coefficient (Wildman–Crippen LogP) is 12.5. The Bertz CT molecular complexity index is 3190. The van der Waals surface area contributed by atoms with E-state index in [9.17, 15) is 0 Å². The van der Waals surface area contributed by atoms with Gasteiger partial charge in [0, 0.05) is 53.9 Å². The number of aromatic nitrogens is 4. The number of rotatable bonds is 4. The van der Waals surface area contributed by atoms with Crippen LogP contribution in [0, 0.1) is 0 Å². The number of benzene rings is 7. The zero-order valence-corrected chi connectivity index (χ0v) is 28.4. The fourth-order valence-electron chi connectivity index (χ4n) is 7.53. The van der Waals surface area contributed by atoms with Crippen molar-refractivity contribution in [3.05, 3.63) is 158 Å². The fourth-order valence-corrected chi connectivity index (χ4v) is 8.76. The van der Waals surface area contributed by atoms with Gasteiger partial charge in [0.2, 0.25) is 0 Å². The second-order valence-corrected chi connectivity index (χ2v) is 14.0. The molecule has 7 aromatic carbocycles. The average Bonchev–Trinajstić information content (AvgIpc) is 3.80. The molecule has 5 nitrogen and oxygen atoms in total. The van der Waals surface area contributed by atoms with Crippen molar-refractivity contribution in [3.8, 4) is 45.4 Å². The first-order chi connectivity index (χ1) is 25.8. The van der Waals surface area contributed by atoms with Crippen LogP contribution >= 0.6 is 11.3 Å². The van der Waals surface area contributed by atoms with Crippen LogP contribution in [0.5, 0.6) is 0 Å². The van der Waals surface area contributed by atoms with Gasteiger partial charge in [-0.05, 0) is 35.0 Å². The first-order valence-electron chi connectivity index (χ1n) is 17.2. The third kappa shape index (κ3) is 4.48. The Morgan fingerprint density at radius 1 is 0.404 bits per heavy atom. The molecular formula is C46H26N4OS. The molecule has 0 bridgehead atoms. The highest BCUT2D eigenvalue weighted by Crippen LogP contribution is 2.43. The van der Waals surface area contributed by atoms with Crippen molar-refractivity contribution in [3.63, 3.8) is 0 Å². The van der Waals surface area contributed by atoms with Gasteiger partial charge in [0.15, 0.2) is 17.5 Å². The lowest BCUT2D eigenvalue weighted by Crippen LogP contribution is -2.01. The molecule has 0 N–H and O–H groups in total. The summed E-state index contributed by atoms with van der Waals surface area (Å²) in [6.07, 6.45) is 0. The van der Waals surface area contributed by atoms with Crippen molar-refractivity contribution in [1.82, 2.24) is 19.9 Å². The van der Waals surface area contributed by atoms with E-state index in [1.165, 1.54) is 25.6 Å². The number of para-hydroxylation sites is 2. The van der Waals surface area contributed by atoms with E-state index >= 15 is 0 Å². The number of thiophene rings is 1. The topological polar surface area (TPSA) is 64.7 Å². The maximum atomic E-state index is 6.26. The number of fused-ring (bicyclic) bond motifs is 9. The van der Waals surface area contributed by atoms with E-state index in [0.717, 1.165) is 66.2 Å². The van der Waals surface area contributed by atoms with Crippen LogP contribution in [0.3, 0.4) is 0 Å². The molecule has 242 valence electrons. The van der Waals surface area contributed by atoms with Crippen LogP contribution in [-0.4, -0.2) is 19.9 Å². The van der Waals surface area contributed by atoms with Gasteiger partial charge in [0.25, 0.3) is 0 Å². The van der Waals surface area contributed by atoms with E-state index in [1.54, 1.807) is 11.3 Å². The molecule has 0 saturated heterocycles. The molecule has 6 heteroatoms. The first kappa shape index (κ1) is 29.0. The highest BCUT2D eigenvalue weighted by atomic mass is 32.1. The van der Waals surface area contributed by atoms with Crippen molar-refractivity contribution >= 4 is 75.1 Å². The van der Waals surface area contributed by atoms with Crippen LogP contribution in [-0.2, 0) is 0 Å². The fraction of sp³-hybridized carbons (Fsp3) is 0. The lowest BCUT2D eigenvalue weighted by atomic mass is 10.0. The molecule has 0 aliphatic rings. The van der Waals surface area contributed by atoms with E-state index in [4.69, 9.17) is 24.4 Å². The standard InChI is InChI=1S/C46H26N4OS/c1-2-13-30-27(11-1)12-9-17-31(30)45-48-44(49-46(50-45)35-18-10-21-38-40(35)33-15-4-7-20-37(33)51-38)29-25-23-28(24-26-29)42-43-41(32-14-3-6-19-36(32)47-42)34-16-5-8-22-39(34)52-43/h1-26H. The van der Waals surface area contributed by atoms with Crippen LogP contribution in [0.25, 0.3) is 109 Å². The minimum absolute atomic E-state index is 0.595. The lowest BCUT2D eigenvalue weighted by Gasteiger charge is -2.11. The normalized spacial score (nSPS) is 11.8. The Kier molecular flexibility index (Phi) is 6.35. The zero-order chi connectivity index (χ0) is 34.2. The largest absolute Gasteiger partial charge is 0.456 e. The summed E-state index contributed by atoms with van der Waals surface area (Å²) in [4.78, 5) is 20.7.